The second-order valence-corrected chi connectivity index (χ2v) is 8.17. The minimum Gasteiger partial charge on any atom is -0.418 e. The molecule has 0 N–H and O–H groups in total. The van der Waals surface area contributed by atoms with Crippen LogP contribution in [0.25, 0.3) is 11.1 Å². The summed E-state index contributed by atoms with van der Waals surface area (Å²) in [7, 11) is -6.00. The molecule has 0 aliphatic heterocycles. The Hall–Kier alpha value is -1.05. The maximum absolute atomic E-state index is 9.75. The third-order valence-corrected chi connectivity index (χ3v) is 5.49. The fourth-order valence-electron chi connectivity index (χ4n) is 3.02. The van der Waals surface area contributed by atoms with Crippen molar-refractivity contribution in [1.82, 2.24) is 0 Å². The van der Waals surface area contributed by atoms with Gasteiger partial charge in [0.05, 0.1) is 0 Å². The summed E-state index contributed by atoms with van der Waals surface area (Å²) in [5, 5.41) is 0. The van der Waals surface area contributed by atoms with Gasteiger partial charge in [0.2, 0.25) is 0 Å². The summed E-state index contributed by atoms with van der Waals surface area (Å²) in [5.74, 6) is 0. The lowest BCUT2D eigenvalue weighted by molar-refractivity contribution is -0.326. The van der Waals surface area contributed by atoms with Gasteiger partial charge in [-0.25, -0.2) is 0 Å². The van der Waals surface area contributed by atoms with E-state index in [4.69, 9.17) is 0 Å². The van der Waals surface area contributed by atoms with Crippen LogP contribution in [-0.4, -0.2) is 7.25 Å². The lowest BCUT2D eigenvalue weighted by atomic mass is 10.0. The summed E-state index contributed by atoms with van der Waals surface area (Å²) in [4.78, 5) is 0. The van der Waals surface area contributed by atoms with Crippen LogP contribution in [-0.2, 0) is 6.42 Å². The van der Waals surface area contributed by atoms with Crippen molar-refractivity contribution in [3.63, 3.8) is 0 Å². The molecule has 0 saturated carbocycles. The molecule has 0 aliphatic carbocycles. The Morgan fingerprint density at radius 1 is 0.714 bits per heavy atom. The second kappa shape index (κ2) is 14.0. The molecule has 0 heterocycles. The minimum atomic E-state index is -6.00. The number of unbranched alkanes of at least 4 members (excludes halogenated alkanes) is 7. The number of halogens is 5. The van der Waals surface area contributed by atoms with Crippen molar-refractivity contribution in [3.8, 4) is 11.1 Å². The van der Waals surface area contributed by atoms with Crippen molar-refractivity contribution in [2.75, 3.05) is 0 Å². The summed E-state index contributed by atoms with van der Waals surface area (Å²) >= 11 is 2.11. The molecule has 0 fully saturated rings. The highest BCUT2D eigenvalue weighted by Gasteiger charge is 2.20. The van der Waals surface area contributed by atoms with Gasteiger partial charge in [-0.15, -0.1) is 0 Å². The first kappa shape index (κ1) is 25.0. The third-order valence-electron chi connectivity index (χ3n) is 4.47. The van der Waals surface area contributed by atoms with E-state index in [2.05, 4.69) is 78.0 Å². The van der Waals surface area contributed by atoms with Crippen molar-refractivity contribution in [2.24, 2.45) is 0 Å². The average Bonchev–Trinajstić information content (AvgIpc) is 2.64. The lowest BCUT2D eigenvalue weighted by Gasteiger charge is -2.05. The maximum atomic E-state index is 9.75. The Balaban J connectivity index is 0.000000696. The van der Waals surface area contributed by atoms with E-state index in [9.17, 15) is 17.3 Å². The van der Waals surface area contributed by atoms with E-state index in [1.165, 1.54) is 78.0 Å². The number of hydrogen-bond acceptors (Lipinski definition) is 0. The summed E-state index contributed by atoms with van der Waals surface area (Å²) in [5.41, 5.74) is 4.18. The van der Waals surface area contributed by atoms with Crippen molar-refractivity contribution in [3.05, 3.63) is 57.7 Å². The standard InChI is InChI=1S/C22H30I.BF4/c1-2-3-4-5-6-7-8-9-12-19-15-17-20(18-16-19)21-13-10-11-14-22(21)23;2-1(3,4)5/h10-11,13-18,23H,2-9,12H2,1H3;/q+1;-1. The Labute approximate surface area is 180 Å². The zero-order valence-corrected chi connectivity index (χ0v) is 18.8. The van der Waals surface area contributed by atoms with Gasteiger partial charge < -0.3 is 17.3 Å². The van der Waals surface area contributed by atoms with Gasteiger partial charge in [0, 0.05) is 5.56 Å². The van der Waals surface area contributed by atoms with Gasteiger partial charge in [-0.05, 0) is 36.1 Å². The molecule has 0 saturated heterocycles. The smallest absolute Gasteiger partial charge is 0.418 e. The van der Waals surface area contributed by atoms with Gasteiger partial charge in [-0.2, -0.15) is 0 Å². The first-order valence-corrected chi connectivity index (χ1v) is 11.2. The summed E-state index contributed by atoms with van der Waals surface area (Å²) in [6.45, 7) is 2.28. The van der Waals surface area contributed by atoms with Crippen LogP contribution in [0.4, 0.5) is 17.3 Å². The van der Waals surface area contributed by atoms with Gasteiger partial charge in [0.1, 0.15) is 0 Å². The predicted octanol–water partition coefficient (Wildman–Crippen LogP) is 4.79. The molecule has 6 heteroatoms. The molecule has 156 valence electrons. The van der Waals surface area contributed by atoms with Crippen molar-refractivity contribution in [2.45, 2.75) is 64.7 Å². The Morgan fingerprint density at radius 2 is 1.21 bits per heavy atom. The first-order chi connectivity index (χ1) is 13.3. The van der Waals surface area contributed by atoms with Gasteiger partial charge >= 0.3 is 7.25 Å². The molecule has 2 aromatic carbocycles. The van der Waals surface area contributed by atoms with Crippen LogP contribution in [0.2, 0.25) is 0 Å². The summed E-state index contributed by atoms with van der Waals surface area (Å²) < 4.78 is 40.4. The fraction of sp³-hybridized carbons (Fsp3) is 0.455. The van der Waals surface area contributed by atoms with Gasteiger partial charge in [-0.3, -0.25) is 0 Å². The topological polar surface area (TPSA) is 0 Å². The lowest BCUT2D eigenvalue weighted by Crippen LogP contribution is -3.34. The van der Waals surface area contributed by atoms with E-state index < -0.39 is 7.25 Å². The Bertz CT molecular complexity index is 650. The zero-order chi connectivity index (χ0) is 20.8. The SMILES string of the molecule is CCCCCCCCCCc1ccc(-c2ccccc2[IH+])cc1.F[B-](F)(F)F. The minimum absolute atomic E-state index is 1.23. The molecule has 28 heavy (non-hydrogen) atoms. The van der Waals surface area contributed by atoms with Crippen molar-refractivity contribution >= 4 is 7.25 Å². The third kappa shape index (κ3) is 12.4. The predicted molar refractivity (Wildman–Crippen MR) is 108 cm³/mol. The van der Waals surface area contributed by atoms with E-state index in [0.717, 1.165) is 0 Å². The molecular formula is C22H30BF4I. The quantitative estimate of drug-likeness (QED) is 0.188. The summed E-state index contributed by atoms with van der Waals surface area (Å²) in [6.07, 6.45) is 12.4. The van der Waals surface area contributed by atoms with Crippen LogP contribution in [0, 0.1) is 3.57 Å². The fourth-order valence-corrected chi connectivity index (χ4v) is 3.77. The maximum Gasteiger partial charge on any atom is 0.673 e. The molecule has 0 unspecified atom stereocenters. The molecule has 0 bridgehead atoms. The molecule has 0 nitrogen and oxygen atoms in total. The van der Waals surface area contributed by atoms with Crippen LogP contribution in [0.3, 0.4) is 0 Å². The van der Waals surface area contributed by atoms with Crippen LogP contribution in [0.15, 0.2) is 48.5 Å². The largest absolute Gasteiger partial charge is 0.673 e. The first-order valence-electron chi connectivity index (χ1n) is 10.0. The highest BCUT2D eigenvalue weighted by Crippen LogP contribution is 2.20. The highest BCUT2D eigenvalue weighted by molar-refractivity contribution is 6.50. The van der Waals surface area contributed by atoms with Crippen LogP contribution in [0.5, 0.6) is 0 Å². The molecule has 2 aromatic rings. The van der Waals surface area contributed by atoms with E-state index in [1.807, 2.05) is 0 Å². The van der Waals surface area contributed by atoms with Crippen molar-refractivity contribution < 1.29 is 39.9 Å². The van der Waals surface area contributed by atoms with Crippen molar-refractivity contribution in [1.29, 1.82) is 0 Å². The number of aryl methyl sites for hydroxylation is 1. The molecule has 0 aromatic heterocycles. The molecule has 0 spiro atoms. The average molecular weight is 508 g/mol. The zero-order valence-electron chi connectivity index (χ0n) is 16.5. The van der Waals surface area contributed by atoms with Crippen LogP contribution >= 0.6 is 0 Å². The van der Waals surface area contributed by atoms with Crippen LogP contribution in [0.1, 0.15) is 63.9 Å². The van der Waals surface area contributed by atoms with Gasteiger partial charge in [-0.1, -0.05) is 88.3 Å². The Kier molecular flexibility index (Phi) is 12.5. The number of benzene rings is 2. The van der Waals surface area contributed by atoms with E-state index in [0.29, 0.717) is 0 Å². The van der Waals surface area contributed by atoms with Gasteiger partial charge in [0.25, 0.3) is 22.6 Å². The molecule has 0 radical (unpaired) electrons. The highest BCUT2D eigenvalue weighted by atomic mass is 127. The molecule has 2 rings (SSSR count). The number of hydrogen-bond donors (Lipinski definition) is 0. The van der Waals surface area contributed by atoms with E-state index >= 15 is 0 Å². The molecule has 0 amide bonds. The summed E-state index contributed by atoms with van der Waals surface area (Å²) in [6, 6.07) is 17.8. The second-order valence-electron chi connectivity index (χ2n) is 6.91. The van der Waals surface area contributed by atoms with E-state index in [1.54, 1.807) is 0 Å². The monoisotopic (exact) mass is 508 g/mol. The number of rotatable bonds is 10. The normalized spacial score (nSPS) is 11.1. The van der Waals surface area contributed by atoms with Crippen LogP contribution < -0.4 is 22.6 Å². The molecular weight excluding hydrogens is 478 g/mol. The van der Waals surface area contributed by atoms with E-state index in [-0.39, 0.29) is 0 Å². The van der Waals surface area contributed by atoms with Gasteiger partial charge in [0.15, 0.2) is 3.57 Å². The molecule has 0 atom stereocenters. The Morgan fingerprint density at radius 3 is 1.75 bits per heavy atom. The molecule has 0 aliphatic rings.